The zero-order valence-electron chi connectivity index (χ0n) is 10.5. The molecule has 18 heavy (non-hydrogen) atoms. The van der Waals surface area contributed by atoms with Crippen molar-refractivity contribution >= 4 is 22.1 Å². The molecule has 0 aliphatic rings. The second-order valence-electron chi connectivity index (χ2n) is 4.29. The van der Waals surface area contributed by atoms with Crippen LogP contribution in [-0.4, -0.2) is 9.38 Å². The molecule has 0 amide bonds. The van der Waals surface area contributed by atoms with Gasteiger partial charge in [-0.1, -0.05) is 37.3 Å². The highest BCUT2D eigenvalue weighted by molar-refractivity contribution is 7.17. The van der Waals surface area contributed by atoms with Gasteiger partial charge in [-0.15, -0.1) is 11.3 Å². The van der Waals surface area contributed by atoms with E-state index in [9.17, 15) is 0 Å². The van der Waals surface area contributed by atoms with Gasteiger partial charge in [0.15, 0.2) is 4.96 Å². The van der Waals surface area contributed by atoms with Crippen LogP contribution in [-0.2, 0) is 6.42 Å². The fraction of sp³-hybridized carbons (Fsp3) is 0.214. The number of imidazole rings is 1. The van der Waals surface area contributed by atoms with Crippen molar-refractivity contribution in [2.24, 2.45) is 0 Å². The van der Waals surface area contributed by atoms with Crippen molar-refractivity contribution < 1.29 is 0 Å². The number of anilines is 1. The van der Waals surface area contributed by atoms with Crippen molar-refractivity contribution in [3.8, 4) is 11.3 Å². The molecule has 0 unspecified atom stereocenters. The van der Waals surface area contributed by atoms with Gasteiger partial charge in [0.2, 0.25) is 0 Å². The quantitative estimate of drug-likeness (QED) is 0.763. The summed E-state index contributed by atoms with van der Waals surface area (Å²) in [7, 11) is 0. The van der Waals surface area contributed by atoms with E-state index in [1.165, 1.54) is 10.6 Å². The minimum Gasteiger partial charge on any atom is -0.383 e. The summed E-state index contributed by atoms with van der Waals surface area (Å²) in [5, 5.41) is 0. The number of nitrogen functional groups attached to an aromatic ring is 1. The monoisotopic (exact) mass is 257 g/mol. The number of rotatable bonds is 2. The molecule has 0 atom stereocenters. The molecule has 0 spiro atoms. The summed E-state index contributed by atoms with van der Waals surface area (Å²) in [5.74, 6) is 0.748. The van der Waals surface area contributed by atoms with Crippen molar-refractivity contribution in [1.82, 2.24) is 9.38 Å². The predicted molar refractivity (Wildman–Crippen MR) is 77.0 cm³/mol. The highest BCUT2D eigenvalue weighted by Crippen LogP contribution is 2.32. The van der Waals surface area contributed by atoms with Gasteiger partial charge in [0.25, 0.3) is 0 Å². The lowest BCUT2D eigenvalue weighted by molar-refractivity contribution is 0.994. The number of aromatic nitrogens is 2. The van der Waals surface area contributed by atoms with Crippen LogP contribution in [0.5, 0.6) is 0 Å². The lowest BCUT2D eigenvalue weighted by atomic mass is 10.1. The number of thiazole rings is 1. The SMILES string of the molecule is CCc1c(C)sc2nc(-c3ccccc3)c(N)n12. The van der Waals surface area contributed by atoms with Gasteiger partial charge < -0.3 is 5.73 Å². The lowest BCUT2D eigenvalue weighted by Gasteiger charge is -2.01. The first-order valence-corrected chi connectivity index (χ1v) is 6.85. The summed E-state index contributed by atoms with van der Waals surface area (Å²) >= 11 is 1.70. The maximum absolute atomic E-state index is 6.27. The second-order valence-corrected chi connectivity index (χ2v) is 5.47. The van der Waals surface area contributed by atoms with Gasteiger partial charge in [0.05, 0.1) is 0 Å². The smallest absolute Gasteiger partial charge is 0.196 e. The van der Waals surface area contributed by atoms with Crippen molar-refractivity contribution in [2.45, 2.75) is 20.3 Å². The average Bonchev–Trinajstić information content (AvgIpc) is 2.87. The Bertz CT molecular complexity index is 695. The summed E-state index contributed by atoms with van der Waals surface area (Å²) in [4.78, 5) is 6.95. The van der Waals surface area contributed by atoms with Crippen LogP contribution >= 0.6 is 11.3 Å². The number of nitrogens with zero attached hydrogens (tertiary/aromatic N) is 2. The first kappa shape index (κ1) is 11.3. The molecule has 0 saturated carbocycles. The van der Waals surface area contributed by atoms with Crippen LogP contribution in [0.15, 0.2) is 30.3 Å². The van der Waals surface area contributed by atoms with Crippen molar-refractivity contribution in [1.29, 1.82) is 0 Å². The molecule has 3 nitrogen and oxygen atoms in total. The Morgan fingerprint density at radius 2 is 2.00 bits per heavy atom. The maximum Gasteiger partial charge on any atom is 0.196 e. The number of fused-ring (bicyclic) bond motifs is 1. The summed E-state index contributed by atoms with van der Waals surface area (Å²) in [6, 6.07) is 10.1. The Labute approximate surface area is 110 Å². The van der Waals surface area contributed by atoms with Gasteiger partial charge in [-0.25, -0.2) is 4.98 Å². The van der Waals surface area contributed by atoms with Crippen LogP contribution < -0.4 is 5.73 Å². The van der Waals surface area contributed by atoms with Crippen LogP contribution in [0.25, 0.3) is 16.2 Å². The van der Waals surface area contributed by atoms with Gasteiger partial charge in [0, 0.05) is 16.1 Å². The first-order valence-electron chi connectivity index (χ1n) is 6.04. The van der Waals surface area contributed by atoms with Gasteiger partial charge in [-0.3, -0.25) is 4.40 Å². The number of aryl methyl sites for hydroxylation is 2. The van der Waals surface area contributed by atoms with E-state index in [1.54, 1.807) is 11.3 Å². The van der Waals surface area contributed by atoms with E-state index in [4.69, 9.17) is 5.73 Å². The summed E-state index contributed by atoms with van der Waals surface area (Å²) in [6.45, 7) is 4.27. The van der Waals surface area contributed by atoms with Gasteiger partial charge in [-0.2, -0.15) is 0 Å². The third kappa shape index (κ3) is 1.53. The Balaban J connectivity index is 2.28. The molecule has 0 aliphatic heterocycles. The number of hydrogen-bond acceptors (Lipinski definition) is 3. The van der Waals surface area contributed by atoms with E-state index >= 15 is 0 Å². The van der Waals surface area contributed by atoms with Crippen LogP contribution in [0.1, 0.15) is 17.5 Å². The van der Waals surface area contributed by atoms with Crippen LogP contribution in [0.4, 0.5) is 5.82 Å². The molecule has 2 heterocycles. The Morgan fingerprint density at radius 3 is 2.67 bits per heavy atom. The van der Waals surface area contributed by atoms with E-state index in [0.29, 0.717) is 0 Å². The van der Waals surface area contributed by atoms with E-state index in [1.807, 2.05) is 30.3 Å². The van der Waals surface area contributed by atoms with Crippen LogP contribution in [0, 0.1) is 6.92 Å². The topological polar surface area (TPSA) is 43.3 Å². The number of benzene rings is 1. The predicted octanol–water partition coefficient (Wildman–Crippen LogP) is 3.52. The highest BCUT2D eigenvalue weighted by Gasteiger charge is 2.16. The molecule has 2 N–H and O–H groups in total. The summed E-state index contributed by atoms with van der Waals surface area (Å²) < 4.78 is 2.09. The molecule has 0 radical (unpaired) electrons. The Hall–Kier alpha value is -1.81. The van der Waals surface area contributed by atoms with E-state index < -0.39 is 0 Å². The van der Waals surface area contributed by atoms with Crippen molar-refractivity contribution in [2.75, 3.05) is 5.73 Å². The summed E-state index contributed by atoms with van der Waals surface area (Å²) in [5.41, 5.74) is 9.49. The molecular formula is C14H15N3S. The number of hydrogen-bond donors (Lipinski definition) is 1. The lowest BCUT2D eigenvalue weighted by Crippen LogP contribution is -1.98. The molecule has 0 saturated heterocycles. The Morgan fingerprint density at radius 1 is 1.28 bits per heavy atom. The van der Waals surface area contributed by atoms with Crippen molar-refractivity contribution in [3.63, 3.8) is 0 Å². The van der Waals surface area contributed by atoms with E-state index in [-0.39, 0.29) is 0 Å². The summed E-state index contributed by atoms with van der Waals surface area (Å²) in [6.07, 6.45) is 0.973. The molecule has 1 aromatic carbocycles. The van der Waals surface area contributed by atoms with Crippen LogP contribution in [0.2, 0.25) is 0 Å². The third-order valence-electron chi connectivity index (χ3n) is 3.19. The number of nitrogens with two attached hydrogens (primary N) is 1. The molecule has 4 heteroatoms. The van der Waals surface area contributed by atoms with Gasteiger partial charge in [-0.05, 0) is 13.3 Å². The zero-order chi connectivity index (χ0) is 12.7. The zero-order valence-corrected chi connectivity index (χ0v) is 11.3. The fourth-order valence-corrected chi connectivity index (χ4v) is 3.37. The van der Waals surface area contributed by atoms with E-state index in [2.05, 4.69) is 23.2 Å². The molecule has 2 aromatic heterocycles. The molecule has 92 valence electrons. The fourth-order valence-electron chi connectivity index (χ4n) is 2.31. The largest absolute Gasteiger partial charge is 0.383 e. The molecule has 3 rings (SSSR count). The van der Waals surface area contributed by atoms with E-state index in [0.717, 1.165) is 28.5 Å². The Kier molecular flexibility index (Phi) is 2.59. The maximum atomic E-state index is 6.27. The standard InChI is InChI=1S/C14H15N3S/c1-3-11-9(2)18-14-16-12(13(15)17(11)14)10-7-5-4-6-8-10/h4-8H,3,15H2,1-2H3. The van der Waals surface area contributed by atoms with Crippen LogP contribution in [0.3, 0.4) is 0 Å². The van der Waals surface area contributed by atoms with Gasteiger partial charge >= 0.3 is 0 Å². The first-order chi connectivity index (χ1) is 8.72. The average molecular weight is 257 g/mol. The van der Waals surface area contributed by atoms with Gasteiger partial charge in [0.1, 0.15) is 11.5 Å². The molecule has 0 bridgehead atoms. The molecule has 0 fully saturated rings. The molecule has 0 aliphatic carbocycles. The molecular weight excluding hydrogens is 242 g/mol. The third-order valence-corrected chi connectivity index (χ3v) is 4.18. The highest BCUT2D eigenvalue weighted by atomic mass is 32.1. The minimum atomic E-state index is 0.748. The molecule has 3 aromatic rings. The second kappa shape index (κ2) is 4.14. The minimum absolute atomic E-state index is 0.748. The normalized spacial score (nSPS) is 11.2. The van der Waals surface area contributed by atoms with Crippen molar-refractivity contribution in [3.05, 3.63) is 40.9 Å².